The molecule has 0 fully saturated rings. The van der Waals surface area contributed by atoms with Gasteiger partial charge in [0.05, 0.1) is 7.11 Å². The van der Waals surface area contributed by atoms with Gasteiger partial charge in [0.1, 0.15) is 6.04 Å². The van der Waals surface area contributed by atoms with Gasteiger partial charge in [-0.3, -0.25) is 4.79 Å². The maximum atomic E-state index is 11.6. The molecule has 72 valence electrons. The Morgan fingerprint density at radius 3 is 2.67 bits per heavy atom. The Morgan fingerprint density at radius 2 is 2.25 bits per heavy atom. The highest BCUT2D eigenvalue weighted by molar-refractivity contribution is 7.99. The van der Waals surface area contributed by atoms with Gasteiger partial charge in [0.15, 0.2) is 0 Å². The third-order valence-electron chi connectivity index (χ3n) is 1.18. The van der Waals surface area contributed by atoms with Gasteiger partial charge in [-0.1, -0.05) is 11.8 Å². The van der Waals surface area contributed by atoms with Crippen molar-refractivity contribution in [2.45, 2.75) is 18.2 Å². The Morgan fingerprint density at radius 1 is 1.67 bits per heavy atom. The molecule has 0 spiro atoms. The summed E-state index contributed by atoms with van der Waals surface area (Å²) < 4.78 is 27.5. The van der Waals surface area contributed by atoms with Gasteiger partial charge in [0.2, 0.25) is 0 Å². The first kappa shape index (κ1) is 11.6. The van der Waals surface area contributed by atoms with E-state index < -0.39 is 17.8 Å². The van der Waals surface area contributed by atoms with Crippen molar-refractivity contribution < 1.29 is 18.3 Å². The average molecular weight is 199 g/mol. The zero-order valence-electron chi connectivity index (χ0n) is 6.63. The van der Waals surface area contributed by atoms with Crippen molar-refractivity contribution in [3.63, 3.8) is 0 Å². The van der Waals surface area contributed by atoms with Crippen LogP contribution in [0.15, 0.2) is 0 Å². The summed E-state index contributed by atoms with van der Waals surface area (Å²) in [6.45, 7) is 0. The Labute approximate surface area is 73.6 Å². The summed E-state index contributed by atoms with van der Waals surface area (Å²) in [5.74, 6) is -2.81. The standard InChI is InChI=1S/C6H11F2NO2S/c1-11-5(10)4(9)2-3-12-6(7)8/h4,6H,2-3,9H2,1H3. The predicted molar refractivity (Wildman–Crippen MR) is 43.1 cm³/mol. The fraction of sp³-hybridized carbons (Fsp3) is 0.833. The van der Waals surface area contributed by atoms with Crippen LogP contribution < -0.4 is 5.73 Å². The van der Waals surface area contributed by atoms with Gasteiger partial charge in [-0.15, -0.1) is 0 Å². The fourth-order valence-electron chi connectivity index (χ4n) is 0.553. The van der Waals surface area contributed by atoms with Crippen molar-refractivity contribution in [3.05, 3.63) is 0 Å². The van der Waals surface area contributed by atoms with Crippen molar-refractivity contribution in [2.24, 2.45) is 5.73 Å². The highest BCUT2D eigenvalue weighted by atomic mass is 32.2. The van der Waals surface area contributed by atoms with E-state index in [9.17, 15) is 13.6 Å². The minimum absolute atomic E-state index is 0.161. The molecule has 0 rings (SSSR count). The van der Waals surface area contributed by atoms with E-state index in [0.717, 1.165) is 0 Å². The molecule has 2 N–H and O–H groups in total. The van der Waals surface area contributed by atoms with E-state index >= 15 is 0 Å². The summed E-state index contributed by atoms with van der Waals surface area (Å²) in [4.78, 5) is 10.6. The number of hydrogen-bond acceptors (Lipinski definition) is 4. The molecule has 0 aliphatic carbocycles. The van der Waals surface area contributed by atoms with Crippen molar-refractivity contribution in [3.8, 4) is 0 Å². The second kappa shape index (κ2) is 6.19. The third kappa shape index (κ3) is 5.31. The van der Waals surface area contributed by atoms with Crippen LogP contribution in [0.2, 0.25) is 0 Å². The Hall–Kier alpha value is -0.360. The molecule has 1 atom stereocenters. The minimum Gasteiger partial charge on any atom is -0.468 e. The van der Waals surface area contributed by atoms with Crippen molar-refractivity contribution in [1.82, 2.24) is 0 Å². The number of esters is 1. The molecule has 0 aromatic rings. The van der Waals surface area contributed by atoms with Gasteiger partial charge in [-0.05, 0) is 6.42 Å². The number of carbonyl (C=O) groups excluding carboxylic acids is 1. The predicted octanol–water partition coefficient (Wildman–Crippen LogP) is 0.833. The van der Waals surface area contributed by atoms with E-state index in [0.29, 0.717) is 11.8 Å². The van der Waals surface area contributed by atoms with Crippen LogP contribution in [0.1, 0.15) is 6.42 Å². The van der Waals surface area contributed by atoms with E-state index in [1.807, 2.05) is 0 Å². The number of carbonyl (C=O) groups is 1. The molecule has 3 nitrogen and oxygen atoms in total. The van der Waals surface area contributed by atoms with Gasteiger partial charge < -0.3 is 10.5 Å². The molecule has 0 aliphatic heterocycles. The average Bonchev–Trinajstić information content (AvgIpc) is 2.02. The van der Waals surface area contributed by atoms with E-state index in [1.165, 1.54) is 7.11 Å². The second-order valence-electron chi connectivity index (χ2n) is 2.05. The SMILES string of the molecule is COC(=O)C(N)CCSC(F)F. The number of ether oxygens (including phenoxy) is 1. The summed E-state index contributed by atoms with van der Waals surface area (Å²) in [5, 5.41) is 0. The van der Waals surface area contributed by atoms with Gasteiger partial charge in [-0.25, -0.2) is 0 Å². The molecular weight excluding hydrogens is 188 g/mol. The van der Waals surface area contributed by atoms with Crippen LogP contribution in [0, 0.1) is 0 Å². The Balaban J connectivity index is 3.43. The number of rotatable bonds is 5. The first-order valence-corrected chi connectivity index (χ1v) is 4.36. The minimum atomic E-state index is -2.41. The molecule has 0 aliphatic rings. The largest absolute Gasteiger partial charge is 0.468 e. The lowest BCUT2D eigenvalue weighted by Gasteiger charge is -2.07. The number of nitrogens with two attached hydrogens (primary N) is 1. The van der Waals surface area contributed by atoms with Crippen LogP contribution in [0.3, 0.4) is 0 Å². The normalized spacial score (nSPS) is 13.1. The molecule has 0 bridgehead atoms. The van der Waals surface area contributed by atoms with Gasteiger partial charge in [0, 0.05) is 5.75 Å². The molecule has 0 saturated heterocycles. The molecular formula is C6H11F2NO2S. The fourth-order valence-corrected chi connectivity index (χ4v) is 1.12. The third-order valence-corrected chi connectivity index (χ3v) is 1.90. The second-order valence-corrected chi connectivity index (χ2v) is 3.15. The smallest absolute Gasteiger partial charge is 0.322 e. The molecule has 0 radical (unpaired) electrons. The first-order valence-electron chi connectivity index (χ1n) is 3.31. The van der Waals surface area contributed by atoms with Crippen LogP contribution >= 0.6 is 11.8 Å². The van der Waals surface area contributed by atoms with Crippen molar-refractivity contribution in [2.75, 3.05) is 12.9 Å². The summed E-state index contributed by atoms with van der Waals surface area (Å²) in [5.41, 5.74) is 5.28. The number of halogens is 2. The van der Waals surface area contributed by atoms with Crippen LogP contribution in [0.5, 0.6) is 0 Å². The Kier molecular flexibility index (Phi) is 6.00. The lowest BCUT2D eigenvalue weighted by molar-refractivity contribution is -0.142. The summed E-state index contributed by atoms with van der Waals surface area (Å²) in [6, 6.07) is -0.791. The summed E-state index contributed by atoms with van der Waals surface area (Å²) in [6.07, 6.45) is 0.210. The van der Waals surface area contributed by atoms with Crippen LogP contribution in [-0.2, 0) is 9.53 Å². The summed E-state index contributed by atoms with van der Waals surface area (Å²) >= 11 is 0.466. The van der Waals surface area contributed by atoms with Gasteiger partial charge >= 0.3 is 5.97 Å². The summed E-state index contributed by atoms with van der Waals surface area (Å²) in [7, 11) is 1.21. The zero-order chi connectivity index (χ0) is 9.56. The molecule has 0 aromatic carbocycles. The topological polar surface area (TPSA) is 52.3 Å². The number of methoxy groups -OCH3 is 1. The van der Waals surface area contributed by atoms with Gasteiger partial charge in [-0.2, -0.15) is 8.78 Å². The van der Waals surface area contributed by atoms with Crippen LogP contribution in [0.4, 0.5) is 8.78 Å². The van der Waals surface area contributed by atoms with Crippen LogP contribution in [-0.4, -0.2) is 30.6 Å². The molecule has 0 saturated carbocycles. The quantitative estimate of drug-likeness (QED) is 0.666. The lowest BCUT2D eigenvalue weighted by atomic mass is 10.2. The monoisotopic (exact) mass is 199 g/mol. The molecule has 12 heavy (non-hydrogen) atoms. The lowest BCUT2D eigenvalue weighted by Crippen LogP contribution is -2.32. The number of thioether (sulfide) groups is 1. The molecule has 1 unspecified atom stereocenters. The molecule has 0 aromatic heterocycles. The molecule has 0 amide bonds. The van der Waals surface area contributed by atoms with Crippen LogP contribution in [0.25, 0.3) is 0 Å². The maximum absolute atomic E-state index is 11.6. The van der Waals surface area contributed by atoms with E-state index in [4.69, 9.17) is 5.73 Å². The van der Waals surface area contributed by atoms with Crippen molar-refractivity contribution in [1.29, 1.82) is 0 Å². The van der Waals surface area contributed by atoms with E-state index in [2.05, 4.69) is 4.74 Å². The molecule has 6 heteroatoms. The highest BCUT2D eigenvalue weighted by Crippen LogP contribution is 2.14. The van der Waals surface area contributed by atoms with Crippen molar-refractivity contribution >= 4 is 17.7 Å². The number of alkyl halides is 2. The van der Waals surface area contributed by atoms with E-state index in [1.54, 1.807) is 0 Å². The maximum Gasteiger partial charge on any atom is 0.322 e. The number of hydrogen-bond donors (Lipinski definition) is 1. The first-order chi connectivity index (χ1) is 5.57. The zero-order valence-corrected chi connectivity index (χ0v) is 7.44. The van der Waals surface area contributed by atoms with Gasteiger partial charge in [0.25, 0.3) is 5.76 Å². The highest BCUT2D eigenvalue weighted by Gasteiger charge is 2.14. The Bertz CT molecular complexity index is 146. The molecule has 0 heterocycles. The van der Waals surface area contributed by atoms with E-state index in [-0.39, 0.29) is 12.2 Å².